The first-order chi connectivity index (χ1) is 11.5. The van der Waals surface area contributed by atoms with Crippen LogP contribution in [0.4, 0.5) is 4.79 Å². The Labute approximate surface area is 148 Å². The highest BCUT2D eigenvalue weighted by Gasteiger charge is 2.17. The van der Waals surface area contributed by atoms with Crippen LogP contribution in [0.3, 0.4) is 0 Å². The van der Waals surface area contributed by atoms with Crippen LogP contribution in [0.1, 0.15) is 30.0 Å². The lowest BCUT2D eigenvalue weighted by molar-refractivity contribution is -0.137. The Bertz CT molecular complexity index is 673. The average molecular weight is 392 g/mol. The fraction of sp³-hybridized carbons (Fsp3) is 0.222. The summed E-state index contributed by atoms with van der Waals surface area (Å²) in [5.74, 6) is -0.906. The number of carboxylic acids is 1. The van der Waals surface area contributed by atoms with Crippen LogP contribution in [0.15, 0.2) is 59.1 Å². The van der Waals surface area contributed by atoms with Gasteiger partial charge in [0.1, 0.15) is 6.61 Å². The minimum Gasteiger partial charge on any atom is -0.481 e. The SMILES string of the molecule is O=C(O)CCC(NC(=O)OCc1ccccc1)c1ccc(Br)cc1. The van der Waals surface area contributed by atoms with Crippen molar-refractivity contribution >= 4 is 28.0 Å². The van der Waals surface area contributed by atoms with Crippen molar-refractivity contribution in [2.75, 3.05) is 0 Å². The van der Waals surface area contributed by atoms with E-state index < -0.39 is 18.1 Å². The van der Waals surface area contributed by atoms with Crippen LogP contribution < -0.4 is 5.32 Å². The number of carboxylic acid groups (broad SMARTS) is 1. The number of carbonyl (C=O) groups excluding carboxylic acids is 1. The second-order valence-electron chi connectivity index (χ2n) is 5.24. The van der Waals surface area contributed by atoms with Gasteiger partial charge in [-0.05, 0) is 29.7 Å². The first-order valence-corrected chi connectivity index (χ1v) is 8.28. The van der Waals surface area contributed by atoms with Crippen LogP contribution in [0.25, 0.3) is 0 Å². The summed E-state index contributed by atoms with van der Waals surface area (Å²) in [6.07, 6.45) is -0.325. The number of amides is 1. The van der Waals surface area contributed by atoms with Crippen molar-refractivity contribution in [3.63, 3.8) is 0 Å². The first kappa shape index (κ1) is 18.0. The average Bonchev–Trinajstić information content (AvgIpc) is 2.58. The standard InChI is InChI=1S/C18H18BrNO4/c19-15-8-6-14(7-9-15)16(10-11-17(21)22)20-18(23)24-12-13-4-2-1-3-5-13/h1-9,16H,10-12H2,(H,20,23)(H,21,22). The summed E-state index contributed by atoms with van der Waals surface area (Å²) in [5.41, 5.74) is 1.72. The number of alkyl carbamates (subject to hydrolysis) is 1. The number of aliphatic carboxylic acids is 1. The van der Waals surface area contributed by atoms with Crippen molar-refractivity contribution in [1.82, 2.24) is 5.32 Å². The molecule has 0 saturated heterocycles. The molecule has 2 aromatic carbocycles. The van der Waals surface area contributed by atoms with Gasteiger partial charge in [0.25, 0.3) is 0 Å². The van der Waals surface area contributed by atoms with Gasteiger partial charge in [-0.2, -0.15) is 0 Å². The fourth-order valence-corrected chi connectivity index (χ4v) is 2.46. The zero-order chi connectivity index (χ0) is 17.4. The molecule has 2 rings (SSSR count). The van der Waals surface area contributed by atoms with Gasteiger partial charge >= 0.3 is 12.1 Å². The third kappa shape index (κ3) is 6.04. The first-order valence-electron chi connectivity index (χ1n) is 7.49. The maximum absolute atomic E-state index is 12.0. The Balaban J connectivity index is 1.97. The van der Waals surface area contributed by atoms with Crippen LogP contribution in [0.5, 0.6) is 0 Å². The van der Waals surface area contributed by atoms with Gasteiger partial charge in [-0.1, -0.05) is 58.4 Å². The van der Waals surface area contributed by atoms with Gasteiger partial charge in [0.15, 0.2) is 0 Å². The summed E-state index contributed by atoms with van der Waals surface area (Å²) in [5, 5.41) is 11.6. The minimum atomic E-state index is -0.906. The molecule has 0 aliphatic rings. The van der Waals surface area contributed by atoms with Crippen LogP contribution in [0, 0.1) is 0 Å². The molecule has 0 heterocycles. The lowest BCUT2D eigenvalue weighted by atomic mass is 10.0. The topological polar surface area (TPSA) is 75.6 Å². The predicted octanol–water partition coefficient (Wildman–Crippen LogP) is 4.28. The van der Waals surface area contributed by atoms with Crippen LogP contribution in [-0.2, 0) is 16.1 Å². The quantitative estimate of drug-likeness (QED) is 0.738. The Hall–Kier alpha value is -2.34. The van der Waals surface area contributed by atoms with Gasteiger partial charge in [0.2, 0.25) is 0 Å². The minimum absolute atomic E-state index is 0.0420. The Morgan fingerprint density at radius 3 is 2.38 bits per heavy atom. The van der Waals surface area contributed by atoms with Crippen LogP contribution >= 0.6 is 15.9 Å². The molecule has 126 valence electrons. The fourth-order valence-electron chi connectivity index (χ4n) is 2.19. The maximum atomic E-state index is 12.0. The van der Waals surface area contributed by atoms with E-state index in [9.17, 15) is 9.59 Å². The van der Waals surface area contributed by atoms with Gasteiger partial charge < -0.3 is 15.2 Å². The number of hydrogen-bond acceptors (Lipinski definition) is 3. The molecule has 5 nitrogen and oxygen atoms in total. The van der Waals surface area contributed by atoms with E-state index in [1.807, 2.05) is 54.6 Å². The van der Waals surface area contributed by atoms with E-state index in [0.29, 0.717) is 0 Å². The summed E-state index contributed by atoms with van der Waals surface area (Å²) in [7, 11) is 0. The van der Waals surface area contributed by atoms with Gasteiger partial charge in [0.05, 0.1) is 6.04 Å². The number of halogens is 1. The van der Waals surface area contributed by atoms with Gasteiger partial charge in [0, 0.05) is 10.9 Å². The molecule has 1 amide bonds. The molecule has 0 saturated carbocycles. The molecular weight excluding hydrogens is 374 g/mol. The predicted molar refractivity (Wildman–Crippen MR) is 93.5 cm³/mol. The lowest BCUT2D eigenvalue weighted by Crippen LogP contribution is -2.29. The molecule has 0 bridgehead atoms. The van der Waals surface area contributed by atoms with E-state index in [-0.39, 0.29) is 19.4 Å². The maximum Gasteiger partial charge on any atom is 0.407 e. The van der Waals surface area contributed by atoms with Crippen molar-refractivity contribution in [3.05, 3.63) is 70.2 Å². The highest BCUT2D eigenvalue weighted by Crippen LogP contribution is 2.21. The monoisotopic (exact) mass is 391 g/mol. The Morgan fingerprint density at radius 1 is 1.08 bits per heavy atom. The van der Waals surface area contributed by atoms with Gasteiger partial charge in [-0.3, -0.25) is 4.79 Å². The van der Waals surface area contributed by atoms with Crippen molar-refractivity contribution in [1.29, 1.82) is 0 Å². The molecule has 1 atom stereocenters. The lowest BCUT2D eigenvalue weighted by Gasteiger charge is -2.18. The van der Waals surface area contributed by atoms with Crippen molar-refractivity contribution in [2.24, 2.45) is 0 Å². The molecule has 1 unspecified atom stereocenters. The summed E-state index contributed by atoms with van der Waals surface area (Å²) in [4.78, 5) is 22.9. The van der Waals surface area contributed by atoms with E-state index in [1.165, 1.54) is 0 Å². The molecule has 24 heavy (non-hydrogen) atoms. The number of benzene rings is 2. The number of rotatable bonds is 7. The molecule has 6 heteroatoms. The van der Waals surface area contributed by atoms with Crippen LogP contribution in [-0.4, -0.2) is 17.2 Å². The smallest absolute Gasteiger partial charge is 0.407 e. The molecule has 0 aromatic heterocycles. The van der Waals surface area contributed by atoms with E-state index >= 15 is 0 Å². The third-order valence-electron chi connectivity index (χ3n) is 3.42. The molecule has 2 N–H and O–H groups in total. The highest BCUT2D eigenvalue weighted by atomic mass is 79.9. The van der Waals surface area contributed by atoms with E-state index in [2.05, 4.69) is 21.2 Å². The number of hydrogen-bond donors (Lipinski definition) is 2. The summed E-state index contributed by atoms with van der Waals surface area (Å²) < 4.78 is 6.12. The van der Waals surface area contributed by atoms with Crippen molar-refractivity contribution in [2.45, 2.75) is 25.5 Å². The molecule has 2 aromatic rings. The van der Waals surface area contributed by atoms with Crippen LogP contribution in [0.2, 0.25) is 0 Å². The molecule has 0 radical (unpaired) electrons. The Kier molecular flexibility index (Phi) is 6.81. The summed E-state index contributed by atoms with van der Waals surface area (Å²) in [6.45, 7) is 0.165. The second kappa shape index (κ2) is 9.08. The summed E-state index contributed by atoms with van der Waals surface area (Å²) in [6, 6.07) is 16.3. The normalized spacial score (nSPS) is 11.5. The Morgan fingerprint density at radius 2 is 1.75 bits per heavy atom. The number of carbonyl (C=O) groups is 2. The van der Waals surface area contributed by atoms with Gasteiger partial charge in [-0.15, -0.1) is 0 Å². The van der Waals surface area contributed by atoms with E-state index in [1.54, 1.807) is 0 Å². The summed E-state index contributed by atoms with van der Waals surface area (Å²) >= 11 is 3.35. The number of nitrogens with one attached hydrogen (secondary N) is 1. The molecule has 0 aliphatic carbocycles. The largest absolute Gasteiger partial charge is 0.481 e. The van der Waals surface area contributed by atoms with Gasteiger partial charge in [-0.25, -0.2) is 4.79 Å². The molecule has 0 spiro atoms. The van der Waals surface area contributed by atoms with E-state index in [0.717, 1.165) is 15.6 Å². The zero-order valence-corrected chi connectivity index (χ0v) is 14.5. The highest BCUT2D eigenvalue weighted by molar-refractivity contribution is 9.10. The van der Waals surface area contributed by atoms with Crippen molar-refractivity contribution < 1.29 is 19.4 Å². The third-order valence-corrected chi connectivity index (χ3v) is 3.95. The molecular formula is C18H18BrNO4. The van der Waals surface area contributed by atoms with E-state index in [4.69, 9.17) is 9.84 Å². The zero-order valence-electron chi connectivity index (χ0n) is 12.9. The second-order valence-corrected chi connectivity index (χ2v) is 6.16. The molecule has 0 fully saturated rings. The number of ether oxygens (including phenoxy) is 1. The van der Waals surface area contributed by atoms with Crippen molar-refractivity contribution in [3.8, 4) is 0 Å². The molecule has 0 aliphatic heterocycles.